The van der Waals surface area contributed by atoms with Gasteiger partial charge < -0.3 is 15.0 Å². The second-order valence-electron chi connectivity index (χ2n) is 4.87. The van der Waals surface area contributed by atoms with Crippen molar-refractivity contribution in [3.8, 4) is 11.4 Å². The number of carbonyl (C=O) groups is 1. The molecule has 2 aromatic carbocycles. The second kappa shape index (κ2) is 6.14. The van der Waals surface area contributed by atoms with Gasteiger partial charge in [-0.15, -0.1) is 0 Å². The summed E-state index contributed by atoms with van der Waals surface area (Å²) in [6.45, 7) is 0. The third kappa shape index (κ3) is 3.19. The summed E-state index contributed by atoms with van der Waals surface area (Å²) >= 11 is 5.72. The fourth-order valence-electron chi connectivity index (χ4n) is 2.12. The molecule has 0 aliphatic carbocycles. The molecule has 3 aromatic rings. The van der Waals surface area contributed by atoms with Crippen LogP contribution in [0.25, 0.3) is 5.69 Å². The van der Waals surface area contributed by atoms with E-state index >= 15 is 0 Å². The molecular weight excluding hydrogens is 319 g/mol. The van der Waals surface area contributed by atoms with Gasteiger partial charge in [0, 0.05) is 29.7 Å². The highest BCUT2D eigenvalue weighted by molar-refractivity contribution is 6.32. The summed E-state index contributed by atoms with van der Waals surface area (Å²) in [5.74, 6) is -1.60. The van der Waals surface area contributed by atoms with E-state index in [0.717, 1.165) is 17.8 Å². The van der Waals surface area contributed by atoms with Crippen molar-refractivity contribution in [2.75, 3.05) is 5.32 Å². The number of nitrogens with one attached hydrogen (secondary N) is 1. The van der Waals surface area contributed by atoms with E-state index in [-0.39, 0.29) is 16.5 Å². The van der Waals surface area contributed by atoms with E-state index in [4.69, 9.17) is 11.6 Å². The summed E-state index contributed by atoms with van der Waals surface area (Å²) in [6.07, 6.45) is 3.78. The molecule has 0 radical (unpaired) electrons. The van der Waals surface area contributed by atoms with Crippen LogP contribution in [0.2, 0.25) is 5.02 Å². The van der Waals surface area contributed by atoms with E-state index in [1.165, 1.54) is 0 Å². The Morgan fingerprint density at radius 1 is 1.13 bits per heavy atom. The molecule has 0 spiro atoms. The molecule has 0 saturated carbocycles. The SMILES string of the molecule is O=C(Nc1cc(Cl)c(O)cc1F)c1ccc(-n2cccc2)cc1. The summed E-state index contributed by atoms with van der Waals surface area (Å²) in [5.41, 5.74) is 1.20. The van der Waals surface area contributed by atoms with Crippen LogP contribution < -0.4 is 5.32 Å². The van der Waals surface area contributed by atoms with Crippen LogP contribution in [0.4, 0.5) is 10.1 Å². The highest BCUT2D eigenvalue weighted by atomic mass is 35.5. The van der Waals surface area contributed by atoms with Crippen molar-refractivity contribution < 1.29 is 14.3 Å². The quantitative estimate of drug-likeness (QED) is 0.706. The molecule has 0 aliphatic rings. The Bertz CT molecular complexity index is 846. The van der Waals surface area contributed by atoms with Gasteiger partial charge in [0.2, 0.25) is 0 Å². The smallest absolute Gasteiger partial charge is 0.255 e. The molecule has 0 atom stereocenters. The minimum Gasteiger partial charge on any atom is -0.506 e. The molecule has 2 N–H and O–H groups in total. The molecule has 1 heterocycles. The van der Waals surface area contributed by atoms with Gasteiger partial charge in [0.05, 0.1) is 10.7 Å². The predicted molar refractivity (Wildman–Crippen MR) is 86.8 cm³/mol. The molecule has 6 heteroatoms. The summed E-state index contributed by atoms with van der Waals surface area (Å²) in [7, 11) is 0. The number of rotatable bonds is 3. The van der Waals surface area contributed by atoms with E-state index in [1.807, 2.05) is 29.1 Å². The number of phenolic OH excluding ortho intramolecular Hbond substituents is 1. The lowest BCUT2D eigenvalue weighted by Crippen LogP contribution is -2.13. The number of aromatic nitrogens is 1. The first-order chi connectivity index (χ1) is 11.0. The van der Waals surface area contributed by atoms with Crippen molar-refractivity contribution in [3.63, 3.8) is 0 Å². The highest BCUT2D eigenvalue weighted by Gasteiger charge is 2.12. The first-order valence-electron chi connectivity index (χ1n) is 6.77. The molecule has 0 aliphatic heterocycles. The van der Waals surface area contributed by atoms with E-state index in [1.54, 1.807) is 24.3 Å². The fourth-order valence-corrected chi connectivity index (χ4v) is 2.28. The molecule has 23 heavy (non-hydrogen) atoms. The van der Waals surface area contributed by atoms with Crippen molar-refractivity contribution in [1.82, 2.24) is 4.57 Å². The Labute approximate surface area is 136 Å². The molecule has 0 saturated heterocycles. The predicted octanol–water partition coefficient (Wildman–Crippen LogP) is 4.23. The molecule has 3 rings (SSSR count). The number of halogens is 2. The summed E-state index contributed by atoms with van der Waals surface area (Å²) in [5, 5.41) is 11.7. The molecule has 1 aromatic heterocycles. The first-order valence-corrected chi connectivity index (χ1v) is 7.15. The number of hydrogen-bond donors (Lipinski definition) is 2. The van der Waals surface area contributed by atoms with E-state index < -0.39 is 11.7 Å². The lowest BCUT2D eigenvalue weighted by atomic mass is 10.2. The number of anilines is 1. The lowest BCUT2D eigenvalue weighted by Gasteiger charge is -2.09. The topological polar surface area (TPSA) is 54.3 Å². The van der Waals surface area contributed by atoms with Gasteiger partial charge in [-0.3, -0.25) is 4.79 Å². The van der Waals surface area contributed by atoms with Crippen molar-refractivity contribution in [3.05, 3.63) is 77.3 Å². The maximum atomic E-state index is 13.7. The highest BCUT2D eigenvalue weighted by Crippen LogP contribution is 2.29. The molecule has 116 valence electrons. The second-order valence-corrected chi connectivity index (χ2v) is 5.28. The molecule has 4 nitrogen and oxygen atoms in total. The van der Waals surface area contributed by atoms with Crippen molar-refractivity contribution >= 4 is 23.2 Å². The van der Waals surface area contributed by atoms with Gasteiger partial charge in [-0.1, -0.05) is 11.6 Å². The number of benzene rings is 2. The van der Waals surface area contributed by atoms with Crippen LogP contribution >= 0.6 is 11.6 Å². The van der Waals surface area contributed by atoms with Gasteiger partial charge in [0.25, 0.3) is 5.91 Å². The Kier molecular flexibility index (Phi) is 4.04. The summed E-state index contributed by atoms with van der Waals surface area (Å²) in [6, 6.07) is 12.7. The average molecular weight is 331 g/mol. The number of aromatic hydroxyl groups is 1. The van der Waals surface area contributed by atoms with Gasteiger partial charge >= 0.3 is 0 Å². The maximum absolute atomic E-state index is 13.7. The molecule has 0 fully saturated rings. The third-order valence-electron chi connectivity index (χ3n) is 3.32. The standard InChI is InChI=1S/C17H12ClFN2O2/c18-13-9-15(14(19)10-16(13)22)20-17(23)11-3-5-12(6-4-11)21-7-1-2-8-21/h1-10,22H,(H,20,23). The largest absolute Gasteiger partial charge is 0.506 e. The normalized spacial score (nSPS) is 10.5. The van der Waals surface area contributed by atoms with E-state index in [0.29, 0.717) is 5.56 Å². The molecule has 0 bridgehead atoms. The van der Waals surface area contributed by atoms with Gasteiger partial charge in [-0.25, -0.2) is 4.39 Å². The summed E-state index contributed by atoms with van der Waals surface area (Å²) < 4.78 is 15.6. The minimum absolute atomic E-state index is 0.0374. The van der Waals surface area contributed by atoms with Crippen LogP contribution in [-0.2, 0) is 0 Å². The summed E-state index contributed by atoms with van der Waals surface area (Å²) in [4.78, 5) is 12.2. The lowest BCUT2D eigenvalue weighted by molar-refractivity contribution is 0.102. The van der Waals surface area contributed by atoms with Crippen molar-refractivity contribution in [1.29, 1.82) is 0 Å². The monoisotopic (exact) mass is 330 g/mol. The third-order valence-corrected chi connectivity index (χ3v) is 3.62. The van der Waals surface area contributed by atoms with Gasteiger partial charge in [-0.2, -0.15) is 0 Å². The Hall–Kier alpha value is -2.79. The number of amides is 1. The average Bonchev–Trinajstić information content (AvgIpc) is 3.07. The fraction of sp³-hybridized carbons (Fsp3) is 0. The van der Waals surface area contributed by atoms with E-state index in [2.05, 4.69) is 5.32 Å². The molecular formula is C17H12ClFN2O2. The van der Waals surface area contributed by atoms with Gasteiger partial charge in [0.1, 0.15) is 5.75 Å². The number of phenols is 1. The Morgan fingerprint density at radius 3 is 2.43 bits per heavy atom. The van der Waals surface area contributed by atoms with Crippen LogP contribution in [0.3, 0.4) is 0 Å². The number of carbonyl (C=O) groups excluding carboxylic acids is 1. The zero-order chi connectivity index (χ0) is 16.4. The zero-order valence-corrected chi connectivity index (χ0v) is 12.6. The molecule has 0 unspecified atom stereocenters. The van der Waals surface area contributed by atoms with Crippen LogP contribution in [0.5, 0.6) is 5.75 Å². The molecule has 1 amide bonds. The van der Waals surface area contributed by atoms with E-state index in [9.17, 15) is 14.3 Å². The van der Waals surface area contributed by atoms with Crippen LogP contribution in [-0.4, -0.2) is 15.6 Å². The Balaban J connectivity index is 1.80. The van der Waals surface area contributed by atoms with Gasteiger partial charge in [-0.05, 0) is 42.5 Å². The van der Waals surface area contributed by atoms with Crippen LogP contribution in [0.1, 0.15) is 10.4 Å². The van der Waals surface area contributed by atoms with Crippen LogP contribution in [0.15, 0.2) is 60.9 Å². The minimum atomic E-state index is -0.760. The zero-order valence-electron chi connectivity index (χ0n) is 11.8. The van der Waals surface area contributed by atoms with Crippen LogP contribution in [0, 0.1) is 5.82 Å². The number of nitrogens with zero attached hydrogens (tertiary/aromatic N) is 1. The van der Waals surface area contributed by atoms with Crippen molar-refractivity contribution in [2.45, 2.75) is 0 Å². The Morgan fingerprint density at radius 2 is 1.78 bits per heavy atom. The first kappa shape index (κ1) is 15.1. The number of hydrogen-bond acceptors (Lipinski definition) is 2. The van der Waals surface area contributed by atoms with Gasteiger partial charge in [0.15, 0.2) is 5.82 Å². The maximum Gasteiger partial charge on any atom is 0.255 e. The van der Waals surface area contributed by atoms with Crippen molar-refractivity contribution in [2.24, 2.45) is 0 Å².